The normalized spacial score (nSPS) is 10.2. The van der Waals surface area contributed by atoms with Crippen molar-refractivity contribution in [2.75, 3.05) is 17.7 Å². The SMILES string of the molecule is COc1ccc(Cl)cc1Nc1cnnc(NCc2ccccn2)n1. The summed E-state index contributed by atoms with van der Waals surface area (Å²) in [6.07, 6.45) is 3.26. The number of rotatable bonds is 6. The summed E-state index contributed by atoms with van der Waals surface area (Å²) in [5.74, 6) is 1.57. The second-order valence-electron chi connectivity index (χ2n) is 4.81. The van der Waals surface area contributed by atoms with Crippen molar-refractivity contribution in [3.63, 3.8) is 0 Å². The van der Waals surface area contributed by atoms with Crippen LogP contribution in [0.3, 0.4) is 0 Å². The quantitative estimate of drug-likeness (QED) is 0.711. The fraction of sp³-hybridized carbons (Fsp3) is 0.125. The Hall–Kier alpha value is -2.93. The first-order valence-electron chi connectivity index (χ1n) is 7.18. The van der Waals surface area contributed by atoms with E-state index in [-0.39, 0.29) is 0 Å². The smallest absolute Gasteiger partial charge is 0.245 e. The van der Waals surface area contributed by atoms with E-state index >= 15 is 0 Å². The number of ether oxygens (including phenoxy) is 1. The predicted molar refractivity (Wildman–Crippen MR) is 92.7 cm³/mol. The van der Waals surface area contributed by atoms with Gasteiger partial charge in [0, 0.05) is 11.2 Å². The van der Waals surface area contributed by atoms with Crippen LogP contribution >= 0.6 is 11.6 Å². The van der Waals surface area contributed by atoms with E-state index in [4.69, 9.17) is 16.3 Å². The van der Waals surface area contributed by atoms with E-state index < -0.39 is 0 Å². The number of hydrogen-bond donors (Lipinski definition) is 2. The zero-order valence-corrected chi connectivity index (χ0v) is 13.7. The van der Waals surface area contributed by atoms with Gasteiger partial charge in [-0.1, -0.05) is 17.7 Å². The number of aromatic nitrogens is 4. The number of methoxy groups -OCH3 is 1. The van der Waals surface area contributed by atoms with Crippen LogP contribution < -0.4 is 15.4 Å². The van der Waals surface area contributed by atoms with Crippen LogP contribution in [0.5, 0.6) is 5.75 Å². The van der Waals surface area contributed by atoms with Gasteiger partial charge in [-0.3, -0.25) is 4.98 Å². The highest BCUT2D eigenvalue weighted by atomic mass is 35.5. The standard InChI is InChI=1S/C16H15ClN6O/c1-24-14-6-5-11(17)8-13(14)21-15-10-20-23-16(22-15)19-9-12-4-2-3-7-18-12/h2-8,10H,9H2,1H3,(H2,19,21,22,23). The summed E-state index contributed by atoms with van der Waals surface area (Å²) >= 11 is 6.03. The molecule has 0 amide bonds. The Morgan fingerprint density at radius 1 is 1.21 bits per heavy atom. The minimum atomic E-state index is 0.395. The third-order valence-corrected chi connectivity index (χ3v) is 3.37. The van der Waals surface area contributed by atoms with E-state index in [1.165, 1.54) is 6.20 Å². The Labute approximate surface area is 144 Å². The molecule has 1 aromatic carbocycles. The van der Waals surface area contributed by atoms with E-state index in [1.54, 1.807) is 31.5 Å². The molecule has 3 aromatic rings. The largest absolute Gasteiger partial charge is 0.495 e. The van der Waals surface area contributed by atoms with E-state index in [0.717, 1.165) is 5.69 Å². The fourth-order valence-corrected chi connectivity index (χ4v) is 2.20. The van der Waals surface area contributed by atoms with Crippen molar-refractivity contribution < 1.29 is 4.74 Å². The van der Waals surface area contributed by atoms with Crippen molar-refractivity contribution in [3.8, 4) is 5.75 Å². The molecule has 0 saturated heterocycles. The van der Waals surface area contributed by atoms with Crippen molar-refractivity contribution in [2.45, 2.75) is 6.54 Å². The van der Waals surface area contributed by atoms with Crippen LogP contribution in [-0.4, -0.2) is 27.3 Å². The van der Waals surface area contributed by atoms with E-state index in [9.17, 15) is 0 Å². The van der Waals surface area contributed by atoms with Gasteiger partial charge < -0.3 is 15.4 Å². The Kier molecular flexibility index (Phi) is 5.02. The number of nitrogens with one attached hydrogen (secondary N) is 2. The Morgan fingerprint density at radius 3 is 2.92 bits per heavy atom. The molecule has 0 atom stereocenters. The third-order valence-electron chi connectivity index (χ3n) is 3.14. The van der Waals surface area contributed by atoms with E-state index in [0.29, 0.717) is 34.8 Å². The molecule has 2 heterocycles. The van der Waals surface area contributed by atoms with Gasteiger partial charge in [-0.05, 0) is 30.3 Å². The summed E-state index contributed by atoms with van der Waals surface area (Å²) in [6, 6.07) is 11.0. The number of halogens is 1. The summed E-state index contributed by atoms with van der Waals surface area (Å²) in [6.45, 7) is 0.506. The lowest BCUT2D eigenvalue weighted by Crippen LogP contribution is -2.07. The molecule has 0 aliphatic rings. The van der Waals surface area contributed by atoms with Crippen molar-refractivity contribution in [1.29, 1.82) is 0 Å². The van der Waals surface area contributed by atoms with Crippen LogP contribution in [0.4, 0.5) is 17.5 Å². The highest BCUT2D eigenvalue weighted by Crippen LogP contribution is 2.29. The van der Waals surface area contributed by atoms with Crippen LogP contribution in [0.15, 0.2) is 48.8 Å². The maximum Gasteiger partial charge on any atom is 0.245 e. The van der Waals surface area contributed by atoms with Gasteiger partial charge in [0.2, 0.25) is 5.95 Å². The average Bonchev–Trinajstić information content (AvgIpc) is 2.61. The van der Waals surface area contributed by atoms with Gasteiger partial charge in [0.25, 0.3) is 0 Å². The van der Waals surface area contributed by atoms with Crippen LogP contribution in [0.1, 0.15) is 5.69 Å². The fourth-order valence-electron chi connectivity index (χ4n) is 2.03. The molecule has 0 aliphatic heterocycles. The molecular formula is C16H15ClN6O. The van der Waals surface area contributed by atoms with Crippen molar-refractivity contribution in [3.05, 3.63) is 59.5 Å². The first-order chi connectivity index (χ1) is 11.7. The second-order valence-corrected chi connectivity index (χ2v) is 5.25. The second kappa shape index (κ2) is 7.56. The molecule has 3 rings (SSSR count). The molecule has 0 fully saturated rings. The van der Waals surface area contributed by atoms with Gasteiger partial charge >= 0.3 is 0 Å². The molecule has 7 nitrogen and oxygen atoms in total. The Bertz CT molecular complexity index is 815. The summed E-state index contributed by atoms with van der Waals surface area (Å²) in [5, 5.41) is 14.7. The third kappa shape index (κ3) is 4.08. The lowest BCUT2D eigenvalue weighted by molar-refractivity contribution is 0.417. The Morgan fingerprint density at radius 2 is 2.12 bits per heavy atom. The predicted octanol–water partition coefficient (Wildman–Crippen LogP) is 3.28. The van der Waals surface area contributed by atoms with Crippen LogP contribution in [0.2, 0.25) is 5.02 Å². The monoisotopic (exact) mass is 342 g/mol. The molecule has 8 heteroatoms. The molecule has 0 spiro atoms. The van der Waals surface area contributed by atoms with Gasteiger partial charge in [0.05, 0.1) is 31.2 Å². The lowest BCUT2D eigenvalue weighted by atomic mass is 10.3. The van der Waals surface area contributed by atoms with Crippen molar-refractivity contribution >= 4 is 29.1 Å². The molecule has 2 aromatic heterocycles. The van der Waals surface area contributed by atoms with Gasteiger partial charge in [-0.25, -0.2) is 0 Å². The highest BCUT2D eigenvalue weighted by Gasteiger charge is 2.07. The van der Waals surface area contributed by atoms with Crippen LogP contribution in [0.25, 0.3) is 0 Å². The number of anilines is 3. The molecule has 0 aliphatic carbocycles. The van der Waals surface area contributed by atoms with E-state index in [2.05, 4.69) is 30.8 Å². The number of nitrogens with zero attached hydrogens (tertiary/aromatic N) is 4. The molecule has 122 valence electrons. The molecule has 0 unspecified atom stereocenters. The summed E-state index contributed by atoms with van der Waals surface area (Å²) in [5.41, 5.74) is 1.58. The zero-order chi connectivity index (χ0) is 16.8. The topological polar surface area (TPSA) is 84.9 Å². The number of pyridine rings is 1. The minimum absolute atomic E-state index is 0.395. The maximum atomic E-state index is 6.03. The molecule has 0 saturated carbocycles. The molecule has 24 heavy (non-hydrogen) atoms. The average molecular weight is 343 g/mol. The summed E-state index contributed by atoms with van der Waals surface area (Å²) in [7, 11) is 1.59. The number of benzene rings is 1. The zero-order valence-electron chi connectivity index (χ0n) is 12.9. The summed E-state index contributed by atoms with van der Waals surface area (Å²) in [4.78, 5) is 8.60. The summed E-state index contributed by atoms with van der Waals surface area (Å²) < 4.78 is 5.30. The number of hydrogen-bond acceptors (Lipinski definition) is 7. The molecule has 0 radical (unpaired) electrons. The lowest BCUT2D eigenvalue weighted by Gasteiger charge is -2.11. The molecule has 2 N–H and O–H groups in total. The van der Waals surface area contributed by atoms with Crippen LogP contribution in [0, 0.1) is 0 Å². The molecular weight excluding hydrogens is 328 g/mol. The maximum absolute atomic E-state index is 6.03. The Balaban J connectivity index is 1.72. The van der Waals surface area contributed by atoms with Gasteiger partial charge in [0.1, 0.15) is 5.75 Å². The van der Waals surface area contributed by atoms with Gasteiger partial charge in [-0.15, -0.1) is 5.10 Å². The van der Waals surface area contributed by atoms with Gasteiger partial charge in [-0.2, -0.15) is 10.1 Å². The highest BCUT2D eigenvalue weighted by molar-refractivity contribution is 6.31. The minimum Gasteiger partial charge on any atom is -0.495 e. The van der Waals surface area contributed by atoms with E-state index in [1.807, 2.05) is 18.2 Å². The molecule has 0 bridgehead atoms. The first-order valence-corrected chi connectivity index (χ1v) is 7.56. The van der Waals surface area contributed by atoms with Crippen molar-refractivity contribution in [1.82, 2.24) is 20.2 Å². The first kappa shape index (κ1) is 15.9. The van der Waals surface area contributed by atoms with Crippen LogP contribution in [-0.2, 0) is 6.54 Å². The van der Waals surface area contributed by atoms with Gasteiger partial charge in [0.15, 0.2) is 5.82 Å². The van der Waals surface area contributed by atoms with Crippen molar-refractivity contribution in [2.24, 2.45) is 0 Å².